The van der Waals surface area contributed by atoms with Gasteiger partial charge in [-0.05, 0) is 50.4 Å². The van der Waals surface area contributed by atoms with Crippen molar-refractivity contribution in [3.8, 4) is 11.3 Å². The number of rotatable bonds is 6. The van der Waals surface area contributed by atoms with E-state index < -0.39 is 0 Å². The monoisotopic (exact) mass is 410 g/mol. The molecule has 7 heteroatoms. The molecule has 2 bridgehead atoms. The first-order valence-electron chi connectivity index (χ1n) is 11.0. The lowest BCUT2D eigenvalue weighted by Crippen LogP contribution is -2.56. The number of urea groups is 1. The molecule has 3 aliphatic rings. The Hall–Kier alpha value is -2.54. The van der Waals surface area contributed by atoms with Gasteiger partial charge in [-0.1, -0.05) is 12.1 Å². The van der Waals surface area contributed by atoms with Crippen LogP contribution in [-0.4, -0.2) is 67.0 Å². The molecule has 2 N–H and O–H groups in total. The van der Waals surface area contributed by atoms with Crippen LogP contribution < -0.4 is 15.5 Å². The summed E-state index contributed by atoms with van der Waals surface area (Å²) in [4.78, 5) is 16.4. The zero-order valence-corrected chi connectivity index (χ0v) is 18.6. The van der Waals surface area contributed by atoms with Crippen molar-refractivity contribution < 1.29 is 4.79 Å². The highest BCUT2D eigenvalue weighted by Gasteiger charge is 2.41. The number of piperidine rings is 3. The summed E-state index contributed by atoms with van der Waals surface area (Å²) in [5.41, 5.74) is 4.72. The van der Waals surface area contributed by atoms with Crippen LogP contribution in [0.15, 0.2) is 30.3 Å². The molecule has 3 fully saturated rings. The SMILES string of the molecule is CCNC(=O)NC[C@H]1C[C@H]2CCN1C[C@@H]2c1cc(-c2ccc(N(C)C)cc2)nn1C. The van der Waals surface area contributed by atoms with Gasteiger partial charge in [0.15, 0.2) is 0 Å². The average Bonchev–Trinajstić information content (AvgIpc) is 3.14. The van der Waals surface area contributed by atoms with Crippen LogP contribution in [0.5, 0.6) is 0 Å². The first-order chi connectivity index (χ1) is 14.5. The van der Waals surface area contributed by atoms with Crippen molar-refractivity contribution in [3.05, 3.63) is 36.0 Å². The Morgan fingerprint density at radius 1 is 1.23 bits per heavy atom. The number of hydrogen-bond donors (Lipinski definition) is 2. The van der Waals surface area contributed by atoms with Gasteiger partial charge in [0.05, 0.1) is 5.69 Å². The van der Waals surface area contributed by atoms with Crippen molar-refractivity contribution in [1.29, 1.82) is 0 Å². The third-order valence-electron chi connectivity index (χ3n) is 6.69. The number of carbonyl (C=O) groups excluding carboxylic acids is 1. The molecule has 3 aliphatic heterocycles. The fourth-order valence-corrected chi connectivity index (χ4v) is 5.02. The van der Waals surface area contributed by atoms with E-state index in [2.05, 4.69) is 76.6 Å². The zero-order chi connectivity index (χ0) is 21.3. The standard InChI is InChI=1S/C23H34N6O/c1-5-24-23(30)25-14-19-12-17-10-11-29(19)15-20(17)22-13-21(26-28(22)4)16-6-8-18(9-7-16)27(2)3/h6-9,13,17,19-20H,5,10-12,14-15H2,1-4H3,(H2,24,25,30)/t17-,19-,20+/m1/s1. The maximum atomic E-state index is 11.8. The highest BCUT2D eigenvalue weighted by molar-refractivity contribution is 5.73. The van der Waals surface area contributed by atoms with Gasteiger partial charge in [-0.15, -0.1) is 0 Å². The number of amides is 2. The predicted octanol–water partition coefficient (Wildman–Crippen LogP) is 2.65. The van der Waals surface area contributed by atoms with Gasteiger partial charge < -0.3 is 15.5 Å². The topological polar surface area (TPSA) is 65.4 Å². The summed E-state index contributed by atoms with van der Waals surface area (Å²) in [6.45, 7) is 5.50. The second kappa shape index (κ2) is 8.68. The van der Waals surface area contributed by atoms with Gasteiger partial charge in [0.1, 0.15) is 0 Å². The summed E-state index contributed by atoms with van der Waals surface area (Å²) in [6, 6.07) is 11.2. The second-order valence-corrected chi connectivity index (χ2v) is 8.80. The Morgan fingerprint density at radius 2 is 2.00 bits per heavy atom. The third-order valence-corrected chi connectivity index (χ3v) is 6.69. The quantitative estimate of drug-likeness (QED) is 0.768. The maximum Gasteiger partial charge on any atom is 0.314 e. The number of carbonyl (C=O) groups is 1. The van der Waals surface area contributed by atoms with Gasteiger partial charge in [0.25, 0.3) is 0 Å². The summed E-state index contributed by atoms with van der Waals surface area (Å²) in [5, 5.41) is 10.7. The van der Waals surface area contributed by atoms with Crippen LogP contribution in [0.4, 0.5) is 10.5 Å². The molecule has 7 nitrogen and oxygen atoms in total. The van der Waals surface area contributed by atoms with Crippen LogP contribution in [0.25, 0.3) is 11.3 Å². The van der Waals surface area contributed by atoms with Crippen molar-refractivity contribution in [2.45, 2.75) is 31.7 Å². The van der Waals surface area contributed by atoms with Gasteiger partial charge >= 0.3 is 6.03 Å². The molecule has 5 rings (SSSR count). The molecule has 1 unspecified atom stereocenters. The van der Waals surface area contributed by atoms with Crippen molar-refractivity contribution >= 4 is 11.7 Å². The number of nitrogens with one attached hydrogen (secondary N) is 2. The van der Waals surface area contributed by atoms with Crippen LogP contribution in [0.3, 0.4) is 0 Å². The minimum absolute atomic E-state index is 0.0618. The summed E-state index contributed by atoms with van der Waals surface area (Å²) in [7, 11) is 6.18. The van der Waals surface area contributed by atoms with Crippen LogP contribution in [0, 0.1) is 5.92 Å². The first kappa shape index (κ1) is 20.7. The maximum absolute atomic E-state index is 11.8. The van der Waals surface area contributed by atoms with Crippen LogP contribution >= 0.6 is 0 Å². The number of anilines is 1. The summed E-state index contributed by atoms with van der Waals surface area (Å²) < 4.78 is 2.07. The van der Waals surface area contributed by atoms with E-state index in [9.17, 15) is 4.79 Å². The fourth-order valence-electron chi connectivity index (χ4n) is 5.02. The second-order valence-electron chi connectivity index (χ2n) is 8.80. The van der Waals surface area contributed by atoms with E-state index in [-0.39, 0.29) is 6.03 Å². The zero-order valence-electron chi connectivity index (χ0n) is 18.6. The minimum atomic E-state index is -0.0618. The van der Waals surface area contributed by atoms with Crippen LogP contribution in [0.2, 0.25) is 0 Å². The molecule has 2 aromatic rings. The molecule has 162 valence electrons. The summed E-state index contributed by atoms with van der Waals surface area (Å²) >= 11 is 0. The third kappa shape index (κ3) is 4.17. The fraction of sp³-hybridized carbons (Fsp3) is 0.565. The molecule has 3 saturated heterocycles. The Balaban J connectivity index is 1.45. The molecule has 0 radical (unpaired) electrons. The lowest BCUT2D eigenvalue weighted by molar-refractivity contribution is 0.0294. The number of aromatic nitrogens is 2. The lowest BCUT2D eigenvalue weighted by Gasteiger charge is -2.49. The molecule has 1 aromatic heterocycles. The molecule has 0 aliphatic carbocycles. The van der Waals surface area contributed by atoms with Gasteiger partial charge in [-0.2, -0.15) is 5.10 Å². The van der Waals surface area contributed by atoms with Crippen molar-refractivity contribution in [2.24, 2.45) is 13.0 Å². The van der Waals surface area contributed by atoms with E-state index >= 15 is 0 Å². The van der Waals surface area contributed by atoms with Gasteiger partial charge in [-0.25, -0.2) is 4.79 Å². The average molecular weight is 411 g/mol. The minimum Gasteiger partial charge on any atom is -0.378 e. The van der Waals surface area contributed by atoms with Gasteiger partial charge in [0.2, 0.25) is 0 Å². The molecule has 4 atom stereocenters. The Kier molecular flexibility index (Phi) is 5.99. The molecule has 30 heavy (non-hydrogen) atoms. The number of aryl methyl sites for hydroxylation is 1. The van der Waals surface area contributed by atoms with Crippen molar-refractivity contribution in [3.63, 3.8) is 0 Å². The van der Waals surface area contributed by atoms with E-state index in [0.29, 0.717) is 24.4 Å². The Morgan fingerprint density at radius 3 is 2.63 bits per heavy atom. The smallest absolute Gasteiger partial charge is 0.314 e. The van der Waals surface area contributed by atoms with E-state index in [1.807, 2.05) is 6.92 Å². The number of benzene rings is 1. The van der Waals surface area contributed by atoms with E-state index in [0.717, 1.165) is 37.3 Å². The molecule has 0 spiro atoms. The number of hydrogen-bond acceptors (Lipinski definition) is 4. The molecule has 4 heterocycles. The van der Waals surface area contributed by atoms with E-state index in [4.69, 9.17) is 5.10 Å². The lowest BCUT2D eigenvalue weighted by atomic mass is 9.74. The number of fused-ring (bicyclic) bond motifs is 3. The van der Waals surface area contributed by atoms with Crippen molar-refractivity contribution in [1.82, 2.24) is 25.3 Å². The predicted molar refractivity (Wildman–Crippen MR) is 121 cm³/mol. The Bertz CT molecular complexity index is 874. The number of nitrogens with zero attached hydrogens (tertiary/aromatic N) is 4. The first-order valence-corrected chi connectivity index (χ1v) is 11.0. The van der Waals surface area contributed by atoms with Crippen molar-refractivity contribution in [2.75, 3.05) is 45.2 Å². The van der Waals surface area contributed by atoms with Crippen LogP contribution in [0.1, 0.15) is 31.4 Å². The molecule has 0 saturated carbocycles. The van der Waals surface area contributed by atoms with E-state index in [1.165, 1.54) is 17.8 Å². The largest absolute Gasteiger partial charge is 0.378 e. The molecular weight excluding hydrogens is 376 g/mol. The van der Waals surface area contributed by atoms with Crippen LogP contribution in [-0.2, 0) is 7.05 Å². The van der Waals surface area contributed by atoms with Gasteiger partial charge in [0, 0.05) is 69.7 Å². The molecular formula is C23H34N6O. The Labute approximate surface area is 179 Å². The normalized spacial score (nSPS) is 25.2. The highest BCUT2D eigenvalue weighted by Crippen LogP contribution is 2.42. The summed E-state index contributed by atoms with van der Waals surface area (Å²) in [6.07, 6.45) is 2.36. The molecule has 2 amide bonds. The summed E-state index contributed by atoms with van der Waals surface area (Å²) in [5.74, 6) is 1.15. The van der Waals surface area contributed by atoms with Gasteiger partial charge in [-0.3, -0.25) is 9.58 Å². The van der Waals surface area contributed by atoms with E-state index in [1.54, 1.807) is 0 Å². The highest BCUT2D eigenvalue weighted by atomic mass is 16.2. The molecule has 1 aromatic carbocycles.